The van der Waals surface area contributed by atoms with Crippen LogP contribution in [0.4, 0.5) is 5.13 Å². The lowest BCUT2D eigenvalue weighted by molar-refractivity contribution is 0.226. The zero-order chi connectivity index (χ0) is 13.2. The van der Waals surface area contributed by atoms with Crippen LogP contribution in [0.15, 0.2) is 18.2 Å². The van der Waals surface area contributed by atoms with Gasteiger partial charge in [0.05, 0.1) is 10.2 Å². The summed E-state index contributed by atoms with van der Waals surface area (Å²) in [5.74, 6) is 0.796. The minimum absolute atomic E-state index is 0.796. The summed E-state index contributed by atoms with van der Waals surface area (Å²) < 4.78 is 1.28. The van der Waals surface area contributed by atoms with Crippen molar-refractivity contribution in [3.63, 3.8) is 0 Å². The van der Waals surface area contributed by atoms with Gasteiger partial charge in [-0.3, -0.25) is 0 Å². The average Bonchev–Trinajstić information content (AvgIpc) is 2.83. The predicted molar refractivity (Wildman–Crippen MR) is 83.1 cm³/mol. The molecule has 1 aromatic carbocycles. The van der Waals surface area contributed by atoms with Crippen LogP contribution in [-0.4, -0.2) is 36.6 Å². The highest BCUT2D eigenvalue weighted by atomic mass is 32.1. The molecule has 0 atom stereocenters. The van der Waals surface area contributed by atoms with E-state index in [1.807, 2.05) is 0 Å². The molecule has 3 nitrogen and oxygen atoms in total. The first-order valence-electron chi connectivity index (χ1n) is 7.01. The van der Waals surface area contributed by atoms with Crippen LogP contribution in [0.3, 0.4) is 0 Å². The maximum Gasteiger partial charge on any atom is 0.183 e. The lowest BCUT2D eigenvalue weighted by Gasteiger charge is -2.28. The quantitative estimate of drug-likeness (QED) is 0.931. The zero-order valence-corrected chi connectivity index (χ0v) is 12.5. The fourth-order valence-corrected chi connectivity index (χ4v) is 3.61. The third kappa shape index (κ3) is 2.90. The number of rotatable bonds is 3. The molecule has 2 aromatic rings. The van der Waals surface area contributed by atoms with Crippen molar-refractivity contribution in [3.05, 3.63) is 23.8 Å². The number of benzene rings is 1. The van der Waals surface area contributed by atoms with E-state index in [9.17, 15) is 0 Å². The van der Waals surface area contributed by atoms with Crippen LogP contribution < -0.4 is 5.32 Å². The van der Waals surface area contributed by atoms with E-state index in [0.29, 0.717) is 0 Å². The van der Waals surface area contributed by atoms with Gasteiger partial charge in [-0.25, -0.2) is 4.98 Å². The number of fused-ring (bicyclic) bond motifs is 1. The standard InChI is InChI=1S/C15H21N3S/c1-11-4-3-5-13-14(11)17-15(19-13)16-10-12-6-8-18(2)9-7-12/h3-5,12H,6-10H2,1-2H3,(H,16,17). The van der Waals surface area contributed by atoms with Crippen molar-refractivity contribution in [1.29, 1.82) is 0 Å². The molecule has 0 radical (unpaired) electrons. The molecule has 1 aliphatic rings. The Labute approximate surface area is 118 Å². The van der Waals surface area contributed by atoms with Gasteiger partial charge in [-0.1, -0.05) is 23.5 Å². The molecule has 3 rings (SSSR count). The number of para-hydroxylation sites is 1. The molecule has 102 valence electrons. The summed E-state index contributed by atoms with van der Waals surface area (Å²) in [6, 6.07) is 6.39. The first-order chi connectivity index (χ1) is 9.22. The number of hydrogen-bond donors (Lipinski definition) is 1. The number of nitrogens with zero attached hydrogens (tertiary/aromatic N) is 2. The first-order valence-corrected chi connectivity index (χ1v) is 7.82. The van der Waals surface area contributed by atoms with E-state index < -0.39 is 0 Å². The molecule has 0 aliphatic carbocycles. The molecule has 1 N–H and O–H groups in total. The minimum atomic E-state index is 0.796. The molecule has 0 spiro atoms. The van der Waals surface area contributed by atoms with Gasteiger partial charge >= 0.3 is 0 Å². The molecule has 0 amide bonds. The summed E-state index contributed by atoms with van der Waals surface area (Å²) in [5, 5.41) is 4.61. The third-order valence-electron chi connectivity index (χ3n) is 4.00. The van der Waals surface area contributed by atoms with Crippen molar-refractivity contribution in [3.8, 4) is 0 Å². The number of piperidine rings is 1. The van der Waals surface area contributed by atoms with Crippen molar-refractivity contribution in [1.82, 2.24) is 9.88 Å². The number of thiazole rings is 1. The number of anilines is 1. The molecular weight excluding hydrogens is 254 g/mol. The summed E-state index contributed by atoms with van der Waals surface area (Å²) >= 11 is 1.77. The Bertz CT molecular complexity index is 556. The van der Waals surface area contributed by atoms with Crippen LogP contribution in [0.1, 0.15) is 18.4 Å². The average molecular weight is 275 g/mol. The third-order valence-corrected chi connectivity index (χ3v) is 4.98. The van der Waals surface area contributed by atoms with E-state index in [-0.39, 0.29) is 0 Å². The van der Waals surface area contributed by atoms with E-state index >= 15 is 0 Å². The van der Waals surface area contributed by atoms with E-state index in [1.54, 1.807) is 11.3 Å². The maximum atomic E-state index is 4.71. The highest BCUT2D eigenvalue weighted by Gasteiger charge is 2.16. The fourth-order valence-electron chi connectivity index (χ4n) is 2.66. The maximum absolute atomic E-state index is 4.71. The van der Waals surface area contributed by atoms with Crippen molar-refractivity contribution in [2.75, 3.05) is 32.0 Å². The number of aryl methyl sites for hydroxylation is 1. The molecule has 1 saturated heterocycles. The molecule has 2 heterocycles. The highest BCUT2D eigenvalue weighted by molar-refractivity contribution is 7.22. The van der Waals surface area contributed by atoms with Gasteiger partial charge < -0.3 is 10.2 Å². The Kier molecular flexibility index (Phi) is 3.71. The topological polar surface area (TPSA) is 28.2 Å². The number of aromatic nitrogens is 1. The fraction of sp³-hybridized carbons (Fsp3) is 0.533. The summed E-state index contributed by atoms with van der Waals surface area (Å²) in [7, 11) is 2.21. The zero-order valence-electron chi connectivity index (χ0n) is 11.6. The van der Waals surface area contributed by atoms with Gasteiger partial charge in [0.15, 0.2) is 5.13 Å². The molecule has 19 heavy (non-hydrogen) atoms. The Morgan fingerprint density at radius 1 is 1.37 bits per heavy atom. The molecule has 1 aliphatic heterocycles. The molecule has 4 heteroatoms. The second-order valence-electron chi connectivity index (χ2n) is 5.57. The van der Waals surface area contributed by atoms with Crippen LogP contribution >= 0.6 is 11.3 Å². The Morgan fingerprint density at radius 3 is 2.89 bits per heavy atom. The first kappa shape index (κ1) is 12.9. The molecular formula is C15H21N3S. The van der Waals surface area contributed by atoms with Gasteiger partial charge in [-0.15, -0.1) is 0 Å². The Hall–Kier alpha value is -1.13. The van der Waals surface area contributed by atoms with Gasteiger partial charge in [0.1, 0.15) is 0 Å². The summed E-state index contributed by atoms with van der Waals surface area (Å²) in [6.45, 7) is 5.64. The smallest absolute Gasteiger partial charge is 0.183 e. The van der Waals surface area contributed by atoms with Crippen molar-refractivity contribution >= 4 is 26.7 Å². The second kappa shape index (κ2) is 5.47. The minimum Gasteiger partial charge on any atom is -0.361 e. The molecule has 0 unspecified atom stereocenters. The van der Waals surface area contributed by atoms with Crippen LogP contribution in [0.25, 0.3) is 10.2 Å². The summed E-state index contributed by atoms with van der Waals surface area (Å²) in [6.07, 6.45) is 2.60. The van der Waals surface area contributed by atoms with Crippen molar-refractivity contribution < 1.29 is 0 Å². The number of likely N-dealkylation sites (tertiary alicyclic amines) is 1. The van der Waals surface area contributed by atoms with Gasteiger partial charge in [0.2, 0.25) is 0 Å². The summed E-state index contributed by atoms with van der Waals surface area (Å²) in [4.78, 5) is 7.12. The van der Waals surface area contributed by atoms with Crippen molar-refractivity contribution in [2.45, 2.75) is 19.8 Å². The van der Waals surface area contributed by atoms with E-state index in [0.717, 1.165) is 23.1 Å². The van der Waals surface area contributed by atoms with Gasteiger partial charge in [0.25, 0.3) is 0 Å². The molecule has 1 fully saturated rings. The molecule has 0 saturated carbocycles. The normalized spacial score (nSPS) is 18.0. The number of hydrogen-bond acceptors (Lipinski definition) is 4. The predicted octanol–water partition coefficient (Wildman–Crippen LogP) is 3.36. The van der Waals surface area contributed by atoms with Crippen LogP contribution in [0.2, 0.25) is 0 Å². The number of nitrogens with one attached hydrogen (secondary N) is 1. The largest absolute Gasteiger partial charge is 0.361 e. The lowest BCUT2D eigenvalue weighted by Crippen LogP contribution is -2.32. The molecule has 0 bridgehead atoms. The van der Waals surface area contributed by atoms with Gasteiger partial charge in [0, 0.05) is 6.54 Å². The van der Waals surface area contributed by atoms with Gasteiger partial charge in [-0.05, 0) is 57.5 Å². The van der Waals surface area contributed by atoms with Crippen LogP contribution in [0, 0.1) is 12.8 Å². The lowest BCUT2D eigenvalue weighted by atomic mass is 9.97. The van der Waals surface area contributed by atoms with Crippen LogP contribution in [0.5, 0.6) is 0 Å². The van der Waals surface area contributed by atoms with Crippen LogP contribution in [-0.2, 0) is 0 Å². The summed E-state index contributed by atoms with van der Waals surface area (Å²) in [5.41, 5.74) is 2.42. The molecule has 1 aromatic heterocycles. The van der Waals surface area contributed by atoms with E-state index in [4.69, 9.17) is 4.98 Å². The Balaban J connectivity index is 1.64. The van der Waals surface area contributed by atoms with E-state index in [2.05, 4.69) is 42.4 Å². The van der Waals surface area contributed by atoms with Crippen molar-refractivity contribution in [2.24, 2.45) is 5.92 Å². The van der Waals surface area contributed by atoms with E-state index in [1.165, 1.54) is 36.2 Å². The van der Waals surface area contributed by atoms with Gasteiger partial charge in [-0.2, -0.15) is 0 Å². The Morgan fingerprint density at radius 2 is 2.16 bits per heavy atom. The SMILES string of the molecule is Cc1cccc2sc(NCC3CCN(C)CC3)nc12. The second-order valence-corrected chi connectivity index (χ2v) is 6.60. The monoisotopic (exact) mass is 275 g/mol. The highest BCUT2D eigenvalue weighted by Crippen LogP contribution is 2.28.